The van der Waals surface area contributed by atoms with E-state index >= 15 is 0 Å². The first-order chi connectivity index (χ1) is 8.66. The summed E-state index contributed by atoms with van der Waals surface area (Å²) in [5, 5.41) is 12.3. The van der Waals surface area contributed by atoms with E-state index in [1.165, 1.54) is 18.4 Å². The van der Waals surface area contributed by atoms with Crippen LogP contribution >= 0.6 is 0 Å². The summed E-state index contributed by atoms with van der Waals surface area (Å²) in [7, 11) is 0. The maximum Gasteiger partial charge on any atom is 0.306 e. The molecular formula is C15H21NO2. The van der Waals surface area contributed by atoms with Gasteiger partial charge < -0.3 is 10.4 Å². The molecule has 0 radical (unpaired) electrons. The van der Waals surface area contributed by atoms with E-state index in [2.05, 4.69) is 29.6 Å². The molecule has 0 saturated carbocycles. The minimum absolute atomic E-state index is 0.313. The Kier molecular flexibility index (Phi) is 4.37. The van der Waals surface area contributed by atoms with Gasteiger partial charge in [-0.2, -0.15) is 0 Å². The number of aliphatic carboxylic acids is 1. The maximum absolute atomic E-state index is 10.8. The molecule has 3 heteroatoms. The van der Waals surface area contributed by atoms with Gasteiger partial charge in [-0.3, -0.25) is 4.79 Å². The molecule has 2 N–H and O–H groups in total. The van der Waals surface area contributed by atoms with Gasteiger partial charge in [-0.05, 0) is 42.9 Å². The summed E-state index contributed by atoms with van der Waals surface area (Å²) in [6.07, 6.45) is 3.10. The number of hydrogen-bond acceptors (Lipinski definition) is 2. The highest BCUT2D eigenvalue weighted by Crippen LogP contribution is 2.23. The van der Waals surface area contributed by atoms with Crippen molar-refractivity contribution in [3.8, 4) is 0 Å². The smallest absolute Gasteiger partial charge is 0.306 e. The summed E-state index contributed by atoms with van der Waals surface area (Å²) < 4.78 is 0. The number of piperidine rings is 1. The molecule has 1 aliphatic rings. The molecule has 0 bridgehead atoms. The van der Waals surface area contributed by atoms with Crippen molar-refractivity contribution in [2.24, 2.45) is 5.92 Å². The largest absolute Gasteiger partial charge is 0.481 e. The molecule has 98 valence electrons. The molecule has 2 unspecified atom stereocenters. The summed E-state index contributed by atoms with van der Waals surface area (Å²) in [6, 6.07) is 8.45. The van der Waals surface area contributed by atoms with Crippen molar-refractivity contribution in [3.63, 3.8) is 0 Å². The predicted molar refractivity (Wildman–Crippen MR) is 71.8 cm³/mol. The van der Waals surface area contributed by atoms with E-state index in [1.54, 1.807) is 6.92 Å². The average Bonchev–Trinajstić information content (AvgIpc) is 2.40. The van der Waals surface area contributed by atoms with Crippen LogP contribution in [0.25, 0.3) is 0 Å². The highest BCUT2D eigenvalue weighted by Gasteiger charge is 2.15. The summed E-state index contributed by atoms with van der Waals surface area (Å²) in [4.78, 5) is 10.8. The first kappa shape index (κ1) is 13.1. The lowest BCUT2D eigenvalue weighted by Crippen LogP contribution is -2.28. The van der Waals surface area contributed by atoms with Gasteiger partial charge in [0.1, 0.15) is 0 Å². The number of carboxylic acids is 1. The lowest BCUT2D eigenvalue weighted by molar-refractivity contribution is -0.141. The van der Waals surface area contributed by atoms with Gasteiger partial charge in [0, 0.05) is 6.54 Å². The molecule has 1 aliphatic heterocycles. The molecule has 1 aromatic rings. The van der Waals surface area contributed by atoms with Crippen LogP contribution in [0, 0.1) is 5.92 Å². The zero-order valence-electron chi connectivity index (χ0n) is 10.9. The summed E-state index contributed by atoms with van der Waals surface area (Å²) in [5.41, 5.74) is 2.48. The SMILES string of the molecule is CC(Cc1ccc(C2CCCNC2)cc1)C(=O)O. The first-order valence-electron chi connectivity index (χ1n) is 6.69. The molecule has 1 aromatic carbocycles. The van der Waals surface area contributed by atoms with Crippen LogP contribution in [-0.4, -0.2) is 24.2 Å². The van der Waals surface area contributed by atoms with Crippen molar-refractivity contribution >= 4 is 5.97 Å². The third kappa shape index (κ3) is 3.33. The third-order valence-corrected chi connectivity index (χ3v) is 3.71. The third-order valence-electron chi connectivity index (χ3n) is 3.71. The van der Waals surface area contributed by atoms with Crippen LogP contribution in [0.15, 0.2) is 24.3 Å². The van der Waals surface area contributed by atoms with Crippen molar-refractivity contribution in [2.75, 3.05) is 13.1 Å². The molecule has 1 fully saturated rings. The fraction of sp³-hybridized carbons (Fsp3) is 0.533. The van der Waals surface area contributed by atoms with Crippen LogP contribution in [0.1, 0.15) is 36.8 Å². The highest BCUT2D eigenvalue weighted by molar-refractivity contribution is 5.69. The summed E-state index contributed by atoms with van der Waals surface area (Å²) >= 11 is 0. The number of hydrogen-bond donors (Lipinski definition) is 2. The molecule has 1 saturated heterocycles. The topological polar surface area (TPSA) is 49.3 Å². The average molecular weight is 247 g/mol. The van der Waals surface area contributed by atoms with Gasteiger partial charge in [-0.1, -0.05) is 31.2 Å². The van der Waals surface area contributed by atoms with E-state index in [-0.39, 0.29) is 5.92 Å². The Balaban J connectivity index is 1.98. The first-order valence-corrected chi connectivity index (χ1v) is 6.69. The van der Waals surface area contributed by atoms with Gasteiger partial charge in [0.05, 0.1) is 5.92 Å². The maximum atomic E-state index is 10.8. The van der Waals surface area contributed by atoms with Crippen LogP contribution in [0.3, 0.4) is 0 Å². The van der Waals surface area contributed by atoms with E-state index in [4.69, 9.17) is 5.11 Å². The van der Waals surface area contributed by atoms with Gasteiger partial charge >= 0.3 is 5.97 Å². The normalized spacial score (nSPS) is 21.5. The predicted octanol–water partition coefficient (Wildman–Crippen LogP) is 2.42. The minimum atomic E-state index is -0.726. The number of rotatable bonds is 4. The number of carboxylic acid groups (broad SMARTS) is 1. The molecule has 0 spiro atoms. The Morgan fingerprint density at radius 2 is 2.17 bits per heavy atom. The number of nitrogens with one attached hydrogen (secondary N) is 1. The second kappa shape index (κ2) is 6.01. The molecular weight excluding hydrogens is 226 g/mol. The van der Waals surface area contributed by atoms with Gasteiger partial charge in [0.25, 0.3) is 0 Å². The van der Waals surface area contributed by atoms with Crippen LogP contribution in [0.4, 0.5) is 0 Å². The van der Waals surface area contributed by atoms with E-state index in [0.717, 1.165) is 18.7 Å². The quantitative estimate of drug-likeness (QED) is 0.859. The lowest BCUT2D eigenvalue weighted by atomic mass is 9.90. The zero-order chi connectivity index (χ0) is 13.0. The van der Waals surface area contributed by atoms with Crippen molar-refractivity contribution in [2.45, 2.75) is 32.1 Å². The molecule has 3 nitrogen and oxygen atoms in total. The lowest BCUT2D eigenvalue weighted by Gasteiger charge is -2.23. The summed E-state index contributed by atoms with van der Waals surface area (Å²) in [6.45, 7) is 3.94. The van der Waals surface area contributed by atoms with Gasteiger partial charge in [-0.25, -0.2) is 0 Å². The van der Waals surface area contributed by atoms with Crippen molar-refractivity contribution in [1.29, 1.82) is 0 Å². The Morgan fingerprint density at radius 1 is 1.44 bits per heavy atom. The van der Waals surface area contributed by atoms with Crippen molar-refractivity contribution in [3.05, 3.63) is 35.4 Å². The minimum Gasteiger partial charge on any atom is -0.481 e. The zero-order valence-corrected chi connectivity index (χ0v) is 10.9. The van der Waals surface area contributed by atoms with Gasteiger partial charge in [-0.15, -0.1) is 0 Å². The second-order valence-electron chi connectivity index (χ2n) is 5.23. The molecule has 1 heterocycles. The van der Waals surface area contributed by atoms with E-state index in [9.17, 15) is 4.79 Å². The van der Waals surface area contributed by atoms with Crippen LogP contribution in [0.2, 0.25) is 0 Å². The van der Waals surface area contributed by atoms with E-state index in [0.29, 0.717) is 12.3 Å². The molecule has 2 rings (SSSR count). The number of carbonyl (C=O) groups is 1. The van der Waals surface area contributed by atoms with Crippen LogP contribution in [-0.2, 0) is 11.2 Å². The highest BCUT2D eigenvalue weighted by atomic mass is 16.4. The molecule has 2 atom stereocenters. The fourth-order valence-electron chi connectivity index (χ4n) is 2.50. The molecule has 0 aromatic heterocycles. The summed E-state index contributed by atoms with van der Waals surface area (Å²) in [5.74, 6) is -0.424. The van der Waals surface area contributed by atoms with Crippen molar-refractivity contribution < 1.29 is 9.90 Å². The molecule has 0 aliphatic carbocycles. The Labute approximate surface area is 108 Å². The fourth-order valence-corrected chi connectivity index (χ4v) is 2.50. The van der Waals surface area contributed by atoms with Gasteiger partial charge in [0.2, 0.25) is 0 Å². The van der Waals surface area contributed by atoms with Crippen LogP contribution < -0.4 is 5.32 Å². The van der Waals surface area contributed by atoms with Crippen LogP contribution in [0.5, 0.6) is 0 Å². The molecule has 18 heavy (non-hydrogen) atoms. The molecule has 0 amide bonds. The Morgan fingerprint density at radius 3 is 2.72 bits per heavy atom. The standard InChI is InChI=1S/C15H21NO2/c1-11(15(17)18)9-12-4-6-13(7-5-12)14-3-2-8-16-10-14/h4-7,11,14,16H,2-3,8-10H2,1H3,(H,17,18). The Hall–Kier alpha value is -1.35. The monoisotopic (exact) mass is 247 g/mol. The van der Waals surface area contributed by atoms with E-state index < -0.39 is 5.97 Å². The van der Waals surface area contributed by atoms with Crippen molar-refractivity contribution in [1.82, 2.24) is 5.32 Å². The second-order valence-corrected chi connectivity index (χ2v) is 5.23. The number of benzene rings is 1. The Bertz CT molecular complexity index is 393. The van der Waals surface area contributed by atoms with Gasteiger partial charge in [0.15, 0.2) is 0 Å². The van der Waals surface area contributed by atoms with E-state index in [1.807, 2.05) is 0 Å².